The van der Waals surface area contributed by atoms with Crippen LogP contribution in [0.4, 0.5) is 11.4 Å². The monoisotopic (exact) mass is 413 g/mol. The first kappa shape index (κ1) is 19.6. The molecule has 1 heterocycles. The molecule has 0 unspecified atom stereocenters. The molecule has 1 aliphatic carbocycles. The van der Waals surface area contributed by atoms with Crippen LogP contribution in [0, 0.1) is 0 Å². The van der Waals surface area contributed by atoms with E-state index in [1.54, 1.807) is 0 Å². The first-order valence-electron chi connectivity index (χ1n) is 11.4. The topological polar surface area (TPSA) is 3.24 Å². The summed E-state index contributed by atoms with van der Waals surface area (Å²) in [5.41, 5.74) is 5.55. The molecule has 0 bridgehead atoms. The smallest absolute Gasteiger partial charge is 0.0592 e. The summed E-state index contributed by atoms with van der Waals surface area (Å²) in [5, 5.41) is 2.77. The summed E-state index contributed by atoms with van der Waals surface area (Å²) in [7, 11) is 2.21. The number of fused-ring (bicyclic) bond motifs is 3. The number of anilines is 2. The average molecular weight is 414 g/mol. The van der Waals surface area contributed by atoms with Crippen LogP contribution in [0.15, 0.2) is 60.7 Å². The zero-order chi connectivity index (χ0) is 20.7. The van der Waals surface area contributed by atoms with Crippen LogP contribution in [0.3, 0.4) is 0 Å². The van der Waals surface area contributed by atoms with Gasteiger partial charge in [0.25, 0.3) is 0 Å². The Morgan fingerprint density at radius 2 is 1.47 bits per heavy atom. The van der Waals surface area contributed by atoms with Gasteiger partial charge in [-0.25, -0.2) is 0 Å². The maximum atomic E-state index is 2.36. The highest BCUT2D eigenvalue weighted by atomic mass is 32.1. The molecule has 0 N–H and O–H groups in total. The van der Waals surface area contributed by atoms with Gasteiger partial charge in [-0.15, -0.1) is 11.3 Å². The SMILES string of the molecule is CC(C)c1cccc2c1sc1c(N(C)c3ccc(C4CCCCC4)cc3)cccc12. The van der Waals surface area contributed by atoms with Crippen molar-refractivity contribution in [2.45, 2.75) is 57.8 Å². The molecule has 2 heteroatoms. The van der Waals surface area contributed by atoms with Gasteiger partial charge in [0.15, 0.2) is 0 Å². The van der Waals surface area contributed by atoms with Gasteiger partial charge < -0.3 is 4.90 Å². The van der Waals surface area contributed by atoms with Gasteiger partial charge in [0.2, 0.25) is 0 Å². The van der Waals surface area contributed by atoms with E-state index >= 15 is 0 Å². The van der Waals surface area contributed by atoms with Gasteiger partial charge in [0.1, 0.15) is 0 Å². The van der Waals surface area contributed by atoms with Crippen LogP contribution in [-0.4, -0.2) is 7.05 Å². The molecule has 4 aromatic rings. The van der Waals surface area contributed by atoms with E-state index in [9.17, 15) is 0 Å². The number of benzene rings is 3. The average Bonchev–Trinajstić information content (AvgIpc) is 3.18. The summed E-state index contributed by atoms with van der Waals surface area (Å²) in [6, 6.07) is 22.9. The predicted octanol–water partition coefficient (Wildman–Crippen LogP) is 8.99. The lowest BCUT2D eigenvalue weighted by Gasteiger charge is -2.24. The molecule has 1 aliphatic rings. The van der Waals surface area contributed by atoms with Crippen LogP contribution in [0.2, 0.25) is 0 Å². The van der Waals surface area contributed by atoms with E-state index in [0.717, 1.165) is 5.92 Å². The molecule has 0 saturated heterocycles. The highest BCUT2D eigenvalue weighted by molar-refractivity contribution is 7.26. The second-order valence-corrected chi connectivity index (χ2v) is 10.1. The lowest BCUT2D eigenvalue weighted by molar-refractivity contribution is 0.443. The van der Waals surface area contributed by atoms with Crippen LogP contribution in [0.5, 0.6) is 0 Å². The molecular formula is C28H31NS. The fourth-order valence-electron chi connectivity index (χ4n) is 5.09. The molecule has 1 saturated carbocycles. The van der Waals surface area contributed by atoms with Crippen LogP contribution in [0.1, 0.15) is 68.9 Å². The van der Waals surface area contributed by atoms with Crippen LogP contribution < -0.4 is 4.90 Å². The number of nitrogens with zero attached hydrogens (tertiary/aromatic N) is 1. The molecule has 0 aliphatic heterocycles. The standard InChI is InChI=1S/C28H31NS/c1-19(2)23-11-7-12-24-25-13-8-14-26(28(25)30-27(23)24)29(3)22-17-15-21(16-18-22)20-9-5-4-6-10-20/h7-8,11-20H,4-6,9-10H2,1-3H3. The van der Waals surface area contributed by atoms with Gasteiger partial charge >= 0.3 is 0 Å². The molecular weight excluding hydrogens is 382 g/mol. The molecule has 0 amide bonds. The molecule has 1 fully saturated rings. The summed E-state index contributed by atoms with van der Waals surface area (Å²) < 4.78 is 2.83. The van der Waals surface area contributed by atoms with Crippen molar-refractivity contribution in [2.75, 3.05) is 11.9 Å². The zero-order valence-corrected chi connectivity index (χ0v) is 19.1. The minimum Gasteiger partial charge on any atom is -0.343 e. The van der Waals surface area contributed by atoms with Crippen LogP contribution in [-0.2, 0) is 0 Å². The normalized spacial score (nSPS) is 15.3. The lowest BCUT2D eigenvalue weighted by atomic mass is 9.84. The Labute approximate surface area is 184 Å². The Hall–Kier alpha value is -2.32. The molecule has 1 nitrogen and oxygen atoms in total. The Balaban J connectivity index is 1.54. The summed E-state index contributed by atoms with van der Waals surface area (Å²) in [4.78, 5) is 2.36. The van der Waals surface area contributed by atoms with Crippen molar-refractivity contribution in [1.82, 2.24) is 0 Å². The van der Waals surface area contributed by atoms with Crippen molar-refractivity contribution in [3.05, 3.63) is 71.8 Å². The molecule has 0 spiro atoms. The predicted molar refractivity (Wildman–Crippen MR) is 134 cm³/mol. The minimum atomic E-state index is 0.537. The van der Waals surface area contributed by atoms with Crippen molar-refractivity contribution >= 4 is 42.9 Å². The lowest BCUT2D eigenvalue weighted by Crippen LogP contribution is -2.10. The number of hydrogen-bond acceptors (Lipinski definition) is 2. The first-order valence-corrected chi connectivity index (χ1v) is 12.2. The highest BCUT2D eigenvalue weighted by Crippen LogP contribution is 2.43. The van der Waals surface area contributed by atoms with Crippen molar-refractivity contribution in [1.29, 1.82) is 0 Å². The zero-order valence-electron chi connectivity index (χ0n) is 18.3. The Morgan fingerprint density at radius 1 is 0.800 bits per heavy atom. The second-order valence-electron chi connectivity index (χ2n) is 9.12. The van der Waals surface area contributed by atoms with E-state index in [0.29, 0.717) is 5.92 Å². The van der Waals surface area contributed by atoms with Gasteiger partial charge in [0.05, 0.1) is 10.4 Å². The third-order valence-corrected chi connectivity index (χ3v) is 8.17. The van der Waals surface area contributed by atoms with Gasteiger partial charge in [-0.3, -0.25) is 0 Å². The van der Waals surface area contributed by atoms with Crippen LogP contribution in [0.25, 0.3) is 20.2 Å². The quantitative estimate of drug-likeness (QED) is 0.322. The summed E-state index contributed by atoms with van der Waals surface area (Å²) >= 11 is 1.95. The summed E-state index contributed by atoms with van der Waals surface area (Å²) in [5.74, 6) is 1.30. The molecule has 5 rings (SSSR count). The minimum absolute atomic E-state index is 0.537. The van der Waals surface area contributed by atoms with E-state index in [1.807, 2.05) is 11.3 Å². The third kappa shape index (κ3) is 3.41. The Bertz CT molecular complexity index is 1160. The van der Waals surface area contributed by atoms with Crippen molar-refractivity contribution in [3.8, 4) is 0 Å². The second kappa shape index (κ2) is 8.07. The maximum absolute atomic E-state index is 2.36. The highest BCUT2D eigenvalue weighted by Gasteiger charge is 2.17. The molecule has 154 valence electrons. The number of thiophene rings is 1. The molecule has 1 aromatic heterocycles. The fraction of sp³-hybridized carbons (Fsp3) is 0.357. The van der Waals surface area contributed by atoms with Gasteiger partial charge in [-0.05, 0) is 54.0 Å². The summed E-state index contributed by atoms with van der Waals surface area (Å²) in [6.07, 6.45) is 6.90. The first-order chi connectivity index (χ1) is 14.6. The Morgan fingerprint density at radius 3 is 2.17 bits per heavy atom. The van der Waals surface area contributed by atoms with Gasteiger partial charge in [-0.2, -0.15) is 0 Å². The molecule has 0 atom stereocenters. The van der Waals surface area contributed by atoms with E-state index in [-0.39, 0.29) is 0 Å². The van der Waals surface area contributed by atoms with Gasteiger partial charge in [0, 0.05) is 28.2 Å². The molecule has 30 heavy (non-hydrogen) atoms. The van der Waals surface area contributed by atoms with E-state index < -0.39 is 0 Å². The van der Waals surface area contributed by atoms with Crippen molar-refractivity contribution in [3.63, 3.8) is 0 Å². The van der Waals surface area contributed by atoms with Crippen LogP contribution >= 0.6 is 11.3 Å². The third-order valence-electron chi connectivity index (χ3n) is 6.87. The van der Waals surface area contributed by atoms with E-state index in [4.69, 9.17) is 0 Å². The largest absolute Gasteiger partial charge is 0.343 e. The van der Waals surface area contributed by atoms with Gasteiger partial charge in [-0.1, -0.05) is 75.6 Å². The van der Waals surface area contributed by atoms with Crippen molar-refractivity contribution in [2.24, 2.45) is 0 Å². The number of hydrogen-bond donors (Lipinski definition) is 0. The molecule has 3 aromatic carbocycles. The molecule has 0 radical (unpaired) electrons. The fourth-order valence-corrected chi connectivity index (χ4v) is 6.60. The van der Waals surface area contributed by atoms with Crippen molar-refractivity contribution < 1.29 is 0 Å². The summed E-state index contributed by atoms with van der Waals surface area (Å²) in [6.45, 7) is 4.58. The number of rotatable bonds is 4. The van der Waals surface area contributed by atoms with E-state index in [1.165, 1.54) is 74.8 Å². The van der Waals surface area contributed by atoms with E-state index in [2.05, 4.69) is 86.5 Å². The maximum Gasteiger partial charge on any atom is 0.0592 e. The Kier molecular flexibility index (Phi) is 5.28.